The molecule has 4 heteroatoms. The van der Waals surface area contributed by atoms with E-state index in [1.165, 1.54) is 0 Å². The summed E-state index contributed by atoms with van der Waals surface area (Å²) >= 11 is 0. The summed E-state index contributed by atoms with van der Waals surface area (Å²) in [6, 6.07) is 19.3. The Morgan fingerprint density at radius 2 is 0.891 bits per heavy atom. The van der Waals surface area contributed by atoms with E-state index in [1.807, 2.05) is 66.7 Å². The van der Waals surface area contributed by atoms with Gasteiger partial charge in [-0.2, -0.15) is 0 Å². The summed E-state index contributed by atoms with van der Waals surface area (Å²) in [6.07, 6.45) is 0. The van der Waals surface area contributed by atoms with E-state index < -0.39 is 107 Å². The first-order valence-corrected chi connectivity index (χ1v) is 17.3. The molecule has 2 aromatic heterocycles. The predicted molar refractivity (Wildman–Crippen MR) is 227 cm³/mol. The Morgan fingerprint density at radius 3 is 1.64 bits per heavy atom. The maximum Gasteiger partial charge on any atom is 0.164 e. The molecule has 55 heavy (non-hydrogen) atoms. The molecule has 0 radical (unpaired) electrons. The van der Waals surface area contributed by atoms with Crippen molar-refractivity contribution < 1.29 is 25.0 Å². The number of furan rings is 1. The van der Waals surface area contributed by atoms with Gasteiger partial charge in [-0.05, 0) is 78.8 Å². The van der Waals surface area contributed by atoms with E-state index in [-0.39, 0.29) is 50.0 Å². The number of benzene rings is 9. The van der Waals surface area contributed by atoms with Crippen LogP contribution in [0.15, 0.2) is 192 Å². The van der Waals surface area contributed by atoms with Crippen LogP contribution in [0, 0.1) is 0 Å². The first-order valence-electron chi connectivity index (χ1n) is 24.8. The van der Waals surface area contributed by atoms with Crippen LogP contribution in [0.25, 0.3) is 111 Å². The molecule has 0 saturated heterocycles. The van der Waals surface area contributed by atoms with Crippen molar-refractivity contribution in [1.82, 2.24) is 15.0 Å². The van der Waals surface area contributed by atoms with E-state index >= 15 is 0 Å². The van der Waals surface area contributed by atoms with Crippen LogP contribution in [0.1, 0.15) is 20.6 Å². The van der Waals surface area contributed by atoms with Gasteiger partial charge in [0.15, 0.2) is 17.5 Å². The lowest BCUT2D eigenvalue weighted by atomic mass is 9.92. The second-order valence-electron chi connectivity index (χ2n) is 12.8. The highest BCUT2D eigenvalue weighted by molar-refractivity contribution is 6.25. The van der Waals surface area contributed by atoms with Crippen molar-refractivity contribution in [2.24, 2.45) is 0 Å². The number of hydrogen-bond acceptors (Lipinski definition) is 4. The summed E-state index contributed by atoms with van der Waals surface area (Å²) in [5, 5.41) is -0.363. The Bertz CT molecular complexity index is 4070. The fourth-order valence-electron chi connectivity index (χ4n) is 7.00. The molecule has 0 unspecified atom stereocenters. The number of para-hydroxylation sites is 1. The summed E-state index contributed by atoms with van der Waals surface area (Å²) in [5.74, 6) is 0.0831. The average molecular weight is 717 g/mol. The second kappa shape index (κ2) is 12.6. The van der Waals surface area contributed by atoms with Gasteiger partial charge in [-0.15, -0.1) is 0 Å². The predicted octanol–water partition coefficient (Wildman–Crippen LogP) is 13.6. The van der Waals surface area contributed by atoms with Crippen LogP contribution in [-0.2, 0) is 0 Å². The maximum absolute atomic E-state index is 9.66. The molecule has 0 saturated carbocycles. The lowest BCUT2D eigenvalue weighted by Crippen LogP contribution is -2.00. The van der Waals surface area contributed by atoms with Crippen molar-refractivity contribution in [1.29, 1.82) is 0 Å². The summed E-state index contributed by atoms with van der Waals surface area (Å²) in [7, 11) is 0. The Labute approximate surface area is 338 Å². The average Bonchev–Trinajstić information content (AvgIpc) is 3.76. The van der Waals surface area contributed by atoms with E-state index in [4.69, 9.17) is 30.3 Å². The number of nitrogens with zero attached hydrogens (tertiary/aromatic N) is 3. The van der Waals surface area contributed by atoms with Crippen LogP contribution < -0.4 is 0 Å². The molecular formula is C51H31N3O. The lowest BCUT2D eigenvalue weighted by Gasteiger charge is -2.12. The van der Waals surface area contributed by atoms with E-state index in [9.17, 15) is 9.60 Å². The SMILES string of the molecule is [2H]c1c([2H])c(-c2c([2H])c([2H])c3c4c([2H])c([2H])c([2H])c([2H])c4c4c([2H])c([2H])c([2H])c([2H])c4c3c2[2H])c([2H])c([2H])c1-c1nc(-c2ccccc2)nc(-c2cccc(-c3cccc4oc5ccccc5c34)c2)n1. The van der Waals surface area contributed by atoms with E-state index in [1.54, 1.807) is 30.3 Å². The smallest absolute Gasteiger partial charge is 0.164 e. The van der Waals surface area contributed by atoms with E-state index in [0.717, 1.165) is 27.5 Å². The van der Waals surface area contributed by atoms with E-state index in [2.05, 4.69) is 0 Å². The molecule has 0 aliphatic heterocycles. The molecule has 0 fully saturated rings. The van der Waals surface area contributed by atoms with Crippen LogP contribution in [0.4, 0.5) is 0 Å². The Morgan fingerprint density at radius 1 is 0.364 bits per heavy atom. The van der Waals surface area contributed by atoms with Gasteiger partial charge in [0.25, 0.3) is 0 Å². The van der Waals surface area contributed by atoms with Gasteiger partial charge in [0.05, 0.1) is 20.6 Å². The third-order valence-electron chi connectivity index (χ3n) is 9.54. The molecule has 9 aromatic carbocycles. The highest BCUT2D eigenvalue weighted by Crippen LogP contribution is 2.39. The molecule has 0 N–H and O–H groups in total. The third-order valence-corrected chi connectivity index (χ3v) is 9.54. The summed E-state index contributed by atoms with van der Waals surface area (Å²) in [4.78, 5) is 14.3. The molecule has 0 amide bonds. The summed E-state index contributed by atoms with van der Waals surface area (Å²) in [5.41, 5.74) is 2.74. The molecule has 11 rings (SSSR count). The van der Waals surface area contributed by atoms with Gasteiger partial charge < -0.3 is 4.42 Å². The normalized spacial score (nSPS) is 15.5. The van der Waals surface area contributed by atoms with Crippen LogP contribution in [-0.4, -0.2) is 15.0 Å². The zero-order chi connectivity index (χ0) is 49.3. The van der Waals surface area contributed by atoms with Crippen molar-refractivity contribution in [2.75, 3.05) is 0 Å². The van der Waals surface area contributed by atoms with Gasteiger partial charge in [0.2, 0.25) is 0 Å². The number of hydrogen-bond donors (Lipinski definition) is 0. The zero-order valence-electron chi connectivity index (χ0n) is 43.5. The highest BCUT2D eigenvalue weighted by Gasteiger charge is 2.16. The van der Waals surface area contributed by atoms with Gasteiger partial charge in [-0.3, -0.25) is 0 Å². The highest BCUT2D eigenvalue weighted by atomic mass is 16.3. The minimum atomic E-state index is -0.784. The van der Waals surface area contributed by atoms with Gasteiger partial charge in [0, 0.05) is 27.5 Å². The Balaban J connectivity index is 1.16. The molecule has 256 valence electrons. The fourth-order valence-corrected chi connectivity index (χ4v) is 7.00. The van der Waals surface area contributed by atoms with Crippen LogP contribution in [0.2, 0.25) is 0 Å². The van der Waals surface area contributed by atoms with Gasteiger partial charge >= 0.3 is 0 Å². The number of rotatable bonds is 5. The summed E-state index contributed by atoms with van der Waals surface area (Å²) in [6.45, 7) is 0. The molecule has 0 atom stereocenters. The van der Waals surface area contributed by atoms with Crippen LogP contribution >= 0.6 is 0 Å². The van der Waals surface area contributed by atoms with Crippen molar-refractivity contribution >= 4 is 54.3 Å². The maximum atomic E-state index is 9.66. The first kappa shape index (κ1) is 19.6. The van der Waals surface area contributed by atoms with Crippen LogP contribution in [0.3, 0.4) is 0 Å². The molecule has 0 aliphatic rings. The summed E-state index contributed by atoms with van der Waals surface area (Å²) < 4.78 is 142. The minimum Gasteiger partial charge on any atom is -0.456 e. The molecule has 11 aromatic rings. The quantitative estimate of drug-likeness (QED) is 0.166. The first-order chi connectivity index (χ1) is 33.5. The molecule has 2 heterocycles. The lowest BCUT2D eigenvalue weighted by molar-refractivity contribution is 0.669. The van der Waals surface area contributed by atoms with Crippen molar-refractivity contribution in [2.45, 2.75) is 0 Å². The van der Waals surface area contributed by atoms with Crippen molar-refractivity contribution in [3.63, 3.8) is 0 Å². The topological polar surface area (TPSA) is 51.8 Å². The second-order valence-corrected chi connectivity index (χ2v) is 12.8. The zero-order valence-corrected chi connectivity index (χ0v) is 28.5. The largest absolute Gasteiger partial charge is 0.456 e. The van der Waals surface area contributed by atoms with Gasteiger partial charge in [-0.25, -0.2) is 15.0 Å². The Hall–Kier alpha value is -7.43. The minimum absolute atomic E-state index is 0.146. The molecule has 4 nitrogen and oxygen atoms in total. The van der Waals surface area contributed by atoms with Gasteiger partial charge in [0.1, 0.15) is 11.2 Å². The fraction of sp³-hybridized carbons (Fsp3) is 0. The van der Waals surface area contributed by atoms with Crippen molar-refractivity contribution in [3.05, 3.63) is 188 Å². The number of fused-ring (bicyclic) bond motifs is 9. The Kier molecular flexibility index (Phi) is 4.49. The van der Waals surface area contributed by atoms with Crippen molar-refractivity contribution in [3.8, 4) is 56.4 Å². The third kappa shape index (κ3) is 5.26. The molecule has 0 bridgehead atoms. The number of aromatic nitrogens is 3. The standard InChI is InChI=1S/C51H31N3O/c1-2-12-33(13-3-1)49-52-50(54-51(53-49)37-15-10-14-36(30-37)38-21-11-23-47-48(38)44-20-8-9-22-46(44)55-47)34-26-24-32(25-27-34)35-28-29-43-41-18-5-4-16-39(41)40-17-6-7-19-42(40)45(43)31-35/h1-31H/i4D,5D,6D,7D,16D,17D,18D,19D,24D,25D,26D,27D,28D,29D,31D. The molecular weight excluding hydrogens is 671 g/mol. The molecule has 0 aliphatic carbocycles. The molecule has 0 spiro atoms. The van der Waals surface area contributed by atoms with Gasteiger partial charge in [-0.1, -0.05) is 163 Å². The van der Waals surface area contributed by atoms with E-state index in [0.29, 0.717) is 16.7 Å². The van der Waals surface area contributed by atoms with Crippen LogP contribution in [0.5, 0.6) is 0 Å². The monoisotopic (exact) mass is 716 g/mol.